The summed E-state index contributed by atoms with van der Waals surface area (Å²) in [6.07, 6.45) is 7.41. The van der Waals surface area contributed by atoms with Gasteiger partial charge in [-0.1, -0.05) is 0 Å². The lowest BCUT2D eigenvalue weighted by Gasteiger charge is -2.35. The van der Waals surface area contributed by atoms with Gasteiger partial charge in [-0.15, -0.1) is 0 Å². The Balaban J connectivity index is 1.60. The molecule has 1 saturated carbocycles. The molecule has 1 aliphatic carbocycles. The third-order valence-electron chi connectivity index (χ3n) is 6.65. The van der Waals surface area contributed by atoms with Crippen molar-refractivity contribution >= 4 is 33.1 Å². The molecule has 0 atom stereocenters. The number of hydrogen-bond acceptors (Lipinski definition) is 8. The number of aliphatic hydroxyl groups excluding tert-OH is 1. The fraction of sp³-hybridized carbons (Fsp3) is 0.522. The van der Waals surface area contributed by atoms with Gasteiger partial charge in [-0.25, -0.2) is 13.4 Å². The second kappa shape index (κ2) is 10.3. The average Bonchev–Trinajstić information content (AvgIpc) is 3.58. The number of hydrogen-bond donors (Lipinski definition) is 3. The number of sulfonamides is 1. The highest BCUT2D eigenvalue weighted by atomic mass is 32.2. The van der Waals surface area contributed by atoms with E-state index in [9.17, 15) is 18.0 Å². The molecule has 2 aliphatic rings. The van der Waals surface area contributed by atoms with Crippen LogP contribution in [0.2, 0.25) is 0 Å². The number of pyridine rings is 2. The van der Waals surface area contributed by atoms with Crippen LogP contribution in [0.5, 0.6) is 0 Å². The number of carbonyl (C=O) groups excluding carboxylic acids is 1. The van der Waals surface area contributed by atoms with Gasteiger partial charge in [-0.2, -0.15) is 0 Å². The first-order valence-electron chi connectivity index (χ1n) is 11.6. The van der Waals surface area contributed by atoms with Gasteiger partial charge >= 0.3 is 0 Å². The summed E-state index contributed by atoms with van der Waals surface area (Å²) in [5.74, 6) is -0.775. The van der Waals surface area contributed by atoms with E-state index in [-0.39, 0.29) is 11.4 Å². The zero-order valence-electron chi connectivity index (χ0n) is 19.7. The van der Waals surface area contributed by atoms with Crippen LogP contribution in [0.25, 0.3) is 0 Å². The first-order valence-corrected chi connectivity index (χ1v) is 13.3. The van der Waals surface area contributed by atoms with E-state index in [1.807, 2.05) is 0 Å². The molecule has 0 bridgehead atoms. The standard InChI is InChI=1S/C23H31N5O6S/c1-34-12-10-28-16-17(2-3-21(28)30)25-22(31)18-15-24-20(26-35(32,33)13-11-29)14-19(18)27-8-6-23(4-5-23)7-9-27/h2-3,14-16,29H,4-13H2,1H3,(H,24,26)(H,25,31). The Morgan fingerprint density at radius 2 is 1.97 bits per heavy atom. The van der Waals surface area contributed by atoms with Gasteiger partial charge in [0.2, 0.25) is 10.0 Å². The molecule has 2 fully saturated rings. The van der Waals surface area contributed by atoms with Gasteiger partial charge < -0.3 is 24.6 Å². The maximum atomic E-state index is 13.3. The third-order valence-corrected chi connectivity index (χ3v) is 7.89. The number of anilines is 3. The highest BCUT2D eigenvalue weighted by molar-refractivity contribution is 7.92. The van der Waals surface area contributed by atoms with Crippen molar-refractivity contribution in [3.8, 4) is 0 Å². The summed E-state index contributed by atoms with van der Waals surface area (Å²) in [6, 6.07) is 4.48. The Morgan fingerprint density at radius 3 is 2.63 bits per heavy atom. The molecule has 2 aromatic heterocycles. The minimum Gasteiger partial charge on any atom is -0.395 e. The van der Waals surface area contributed by atoms with E-state index in [4.69, 9.17) is 9.84 Å². The molecular formula is C23H31N5O6S. The van der Waals surface area contributed by atoms with Crippen LogP contribution in [-0.4, -0.2) is 68.1 Å². The fourth-order valence-electron chi connectivity index (χ4n) is 4.33. The smallest absolute Gasteiger partial charge is 0.259 e. The SMILES string of the molecule is COCCn1cc(NC(=O)c2cnc(NS(=O)(=O)CCO)cc2N2CCC3(CC2)CC3)ccc1=O. The summed E-state index contributed by atoms with van der Waals surface area (Å²) in [7, 11) is -2.22. The molecule has 190 valence electrons. The van der Waals surface area contributed by atoms with Gasteiger partial charge in [-0.3, -0.25) is 14.3 Å². The number of aliphatic hydroxyl groups is 1. The molecule has 1 saturated heterocycles. The minimum absolute atomic E-state index is 0.0878. The van der Waals surface area contributed by atoms with Crippen LogP contribution < -0.4 is 20.5 Å². The zero-order valence-corrected chi connectivity index (χ0v) is 20.5. The Bertz CT molecular complexity index is 1230. The first-order chi connectivity index (χ1) is 16.7. The van der Waals surface area contributed by atoms with Crippen molar-refractivity contribution in [1.29, 1.82) is 0 Å². The number of nitrogens with one attached hydrogen (secondary N) is 2. The van der Waals surface area contributed by atoms with Crippen LogP contribution in [0.3, 0.4) is 0 Å². The van der Waals surface area contributed by atoms with Gasteiger partial charge in [0.1, 0.15) is 5.82 Å². The Morgan fingerprint density at radius 1 is 1.23 bits per heavy atom. The molecule has 0 unspecified atom stereocenters. The molecule has 35 heavy (non-hydrogen) atoms. The number of amides is 1. The van der Waals surface area contributed by atoms with Crippen molar-refractivity contribution < 1.29 is 23.1 Å². The maximum Gasteiger partial charge on any atom is 0.259 e. The molecule has 4 rings (SSSR count). The monoisotopic (exact) mass is 505 g/mol. The summed E-state index contributed by atoms with van der Waals surface area (Å²) in [5, 5.41) is 11.8. The number of nitrogens with zero attached hydrogens (tertiary/aromatic N) is 3. The highest BCUT2D eigenvalue weighted by Gasteiger charge is 2.44. The number of ether oxygens (including phenoxy) is 1. The topological polar surface area (TPSA) is 143 Å². The first kappa shape index (κ1) is 25.1. The van der Waals surface area contributed by atoms with E-state index in [1.54, 1.807) is 19.4 Å². The lowest BCUT2D eigenvalue weighted by Crippen LogP contribution is -2.36. The van der Waals surface area contributed by atoms with E-state index in [2.05, 4.69) is 19.9 Å². The van der Waals surface area contributed by atoms with Crippen molar-refractivity contribution in [3.05, 3.63) is 46.5 Å². The molecule has 0 radical (unpaired) electrons. The number of aromatic nitrogens is 2. The van der Waals surface area contributed by atoms with Crippen LogP contribution >= 0.6 is 0 Å². The molecule has 11 nitrogen and oxygen atoms in total. The van der Waals surface area contributed by atoms with Gasteiger partial charge in [0.15, 0.2) is 0 Å². The number of methoxy groups -OCH3 is 1. The summed E-state index contributed by atoms with van der Waals surface area (Å²) in [6.45, 7) is 1.72. The van der Waals surface area contributed by atoms with Crippen molar-refractivity contribution in [2.45, 2.75) is 32.2 Å². The highest BCUT2D eigenvalue weighted by Crippen LogP contribution is 2.54. The molecule has 1 spiro atoms. The molecule has 3 N–H and O–H groups in total. The molecule has 3 heterocycles. The lowest BCUT2D eigenvalue weighted by molar-refractivity contribution is 0.102. The van der Waals surface area contributed by atoms with Crippen LogP contribution in [0.15, 0.2) is 35.4 Å². The van der Waals surface area contributed by atoms with Gasteiger partial charge in [-0.05, 0) is 37.2 Å². The minimum atomic E-state index is -3.76. The lowest BCUT2D eigenvalue weighted by atomic mass is 9.93. The zero-order chi connectivity index (χ0) is 25.1. The predicted octanol–water partition coefficient (Wildman–Crippen LogP) is 1.26. The van der Waals surface area contributed by atoms with Crippen molar-refractivity contribution in [2.24, 2.45) is 5.41 Å². The molecule has 1 aliphatic heterocycles. The summed E-state index contributed by atoms with van der Waals surface area (Å²) in [4.78, 5) is 31.6. The number of rotatable bonds is 10. The number of piperidine rings is 1. The summed E-state index contributed by atoms with van der Waals surface area (Å²) >= 11 is 0. The van der Waals surface area contributed by atoms with Crippen molar-refractivity contribution in [2.75, 3.05) is 54.1 Å². The van der Waals surface area contributed by atoms with Crippen molar-refractivity contribution in [3.63, 3.8) is 0 Å². The Labute approximate surface area is 204 Å². The van der Waals surface area contributed by atoms with Crippen LogP contribution in [0.1, 0.15) is 36.0 Å². The Kier molecular flexibility index (Phi) is 7.43. The summed E-state index contributed by atoms with van der Waals surface area (Å²) in [5.41, 5.74) is 1.55. The maximum absolute atomic E-state index is 13.3. The second-order valence-corrected chi connectivity index (χ2v) is 11.0. The van der Waals surface area contributed by atoms with Gasteiger partial charge in [0.25, 0.3) is 11.5 Å². The van der Waals surface area contributed by atoms with Crippen LogP contribution in [0, 0.1) is 5.41 Å². The molecule has 0 aromatic carbocycles. The molecule has 2 aromatic rings. The largest absolute Gasteiger partial charge is 0.395 e. The molecule has 1 amide bonds. The van der Waals surface area contributed by atoms with Crippen LogP contribution in [-0.2, 0) is 21.3 Å². The average molecular weight is 506 g/mol. The van der Waals surface area contributed by atoms with Gasteiger partial charge in [0.05, 0.1) is 35.9 Å². The van der Waals surface area contributed by atoms with E-state index in [1.165, 1.54) is 35.7 Å². The van der Waals surface area contributed by atoms with Crippen molar-refractivity contribution in [1.82, 2.24) is 9.55 Å². The van der Waals surface area contributed by atoms with E-state index >= 15 is 0 Å². The Hall–Kier alpha value is -2.96. The second-order valence-electron chi connectivity index (χ2n) is 9.11. The quantitative estimate of drug-likeness (QED) is 0.438. The summed E-state index contributed by atoms with van der Waals surface area (Å²) < 4.78 is 33.1. The normalized spacial score (nSPS) is 16.8. The fourth-order valence-corrected chi connectivity index (χ4v) is 5.11. The molecule has 12 heteroatoms. The van der Waals surface area contributed by atoms with Crippen LogP contribution in [0.4, 0.5) is 17.2 Å². The predicted molar refractivity (Wildman–Crippen MR) is 132 cm³/mol. The van der Waals surface area contributed by atoms with E-state index in [0.29, 0.717) is 35.5 Å². The number of carbonyl (C=O) groups is 1. The van der Waals surface area contributed by atoms with E-state index < -0.39 is 28.3 Å². The third kappa shape index (κ3) is 6.19. The van der Waals surface area contributed by atoms with Gasteiger partial charge in [0, 0.05) is 51.3 Å². The van der Waals surface area contributed by atoms with E-state index in [0.717, 1.165) is 25.9 Å². The molecular weight excluding hydrogens is 474 g/mol.